The van der Waals surface area contributed by atoms with Gasteiger partial charge in [0, 0.05) is 11.8 Å². The third-order valence-corrected chi connectivity index (χ3v) is 6.08. The second-order valence-electron chi connectivity index (χ2n) is 6.85. The number of fused-ring (bicyclic) bond motifs is 2. The minimum absolute atomic E-state index is 0.403. The van der Waals surface area contributed by atoms with E-state index in [4.69, 9.17) is 0 Å². The van der Waals surface area contributed by atoms with Crippen LogP contribution in [0.2, 0.25) is 13.1 Å². The van der Waals surface area contributed by atoms with Crippen molar-refractivity contribution in [2.45, 2.75) is 24.9 Å². The van der Waals surface area contributed by atoms with Gasteiger partial charge in [0.25, 0.3) is 0 Å². The molecule has 0 spiro atoms. The Labute approximate surface area is 140 Å². The van der Waals surface area contributed by atoms with Gasteiger partial charge in [0.15, 0.2) is 0 Å². The lowest BCUT2D eigenvalue weighted by Crippen LogP contribution is -2.21. The van der Waals surface area contributed by atoms with Crippen molar-refractivity contribution in [2.75, 3.05) is 0 Å². The Bertz CT molecular complexity index is 760. The Hall–Kier alpha value is -1.99. The second-order valence-corrected chi connectivity index (χ2v) is 9.34. The van der Waals surface area contributed by atoms with Crippen LogP contribution in [0.4, 0.5) is 0 Å². The van der Waals surface area contributed by atoms with Crippen LogP contribution < -0.4 is 0 Å². The summed E-state index contributed by atoms with van der Waals surface area (Å²) in [4.78, 5) is 0. The summed E-state index contributed by atoms with van der Waals surface area (Å²) in [5.74, 6) is 1.57. The molecule has 2 aromatic carbocycles. The van der Waals surface area contributed by atoms with E-state index in [1.165, 1.54) is 22.3 Å². The summed E-state index contributed by atoms with van der Waals surface area (Å²) >= 11 is 0. The van der Waals surface area contributed by atoms with Gasteiger partial charge in [-0.2, -0.15) is 0 Å². The number of rotatable bonds is 3. The molecule has 2 aromatic rings. The van der Waals surface area contributed by atoms with Crippen molar-refractivity contribution in [1.82, 2.24) is 0 Å². The van der Waals surface area contributed by atoms with E-state index >= 15 is 0 Å². The zero-order valence-electron chi connectivity index (χ0n) is 13.7. The van der Waals surface area contributed by atoms with E-state index in [1.54, 1.807) is 0 Å². The minimum atomic E-state index is -0.403. The third-order valence-electron chi connectivity index (χ3n) is 5.03. The molecule has 0 saturated heterocycles. The van der Waals surface area contributed by atoms with Gasteiger partial charge < -0.3 is 0 Å². The monoisotopic (exact) mass is 314 g/mol. The Morgan fingerprint density at radius 1 is 0.783 bits per heavy atom. The van der Waals surface area contributed by atoms with Crippen LogP contribution in [0.15, 0.2) is 60.7 Å². The zero-order valence-corrected chi connectivity index (χ0v) is 14.7. The highest BCUT2D eigenvalue weighted by Crippen LogP contribution is 2.44. The van der Waals surface area contributed by atoms with E-state index in [2.05, 4.69) is 91.6 Å². The van der Waals surface area contributed by atoms with Gasteiger partial charge in [0.05, 0.1) is 0 Å². The first-order valence-electron chi connectivity index (χ1n) is 8.43. The molecule has 0 nitrogen and oxygen atoms in total. The van der Waals surface area contributed by atoms with Crippen LogP contribution in [-0.2, 0) is 0 Å². The van der Waals surface area contributed by atoms with Gasteiger partial charge in [-0.3, -0.25) is 0 Å². The lowest BCUT2D eigenvalue weighted by atomic mass is 9.78. The maximum Gasteiger partial charge on any atom is 0.00951 e. The van der Waals surface area contributed by atoms with Gasteiger partial charge in [-0.1, -0.05) is 91.6 Å². The molecule has 23 heavy (non-hydrogen) atoms. The predicted octanol–water partition coefficient (Wildman–Crippen LogP) is 5.36. The number of benzene rings is 2. The highest BCUT2D eigenvalue weighted by molar-refractivity contribution is 6.63. The number of hydrogen-bond donors (Lipinski definition) is 0. The van der Waals surface area contributed by atoms with Crippen LogP contribution in [-0.4, -0.2) is 14.1 Å². The van der Waals surface area contributed by atoms with Gasteiger partial charge in [0.1, 0.15) is 0 Å². The Morgan fingerprint density at radius 3 is 1.74 bits per heavy atom. The molecule has 0 saturated carbocycles. The first kappa shape index (κ1) is 14.6. The van der Waals surface area contributed by atoms with E-state index < -0.39 is 8.41 Å². The van der Waals surface area contributed by atoms with Crippen molar-refractivity contribution in [3.8, 4) is 0 Å². The maximum absolute atomic E-state index is 2.65. The quantitative estimate of drug-likeness (QED) is 0.669. The molecule has 2 aliphatic rings. The minimum Gasteiger partial charge on any atom is -0.0992 e. The molecule has 2 unspecified atom stereocenters. The largest absolute Gasteiger partial charge is 0.0992 e. The molecule has 114 valence electrons. The van der Waals surface area contributed by atoms with E-state index in [-0.39, 0.29) is 0 Å². The highest BCUT2D eigenvalue weighted by atomic mass is 28.2. The van der Waals surface area contributed by atoms with Crippen molar-refractivity contribution in [2.24, 2.45) is 5.92 Å². The van der Waals surface area contributed by atoms with E-state index in [0.29, 0.717) is 17.8 Å². The molecule has 0 amide bonds. The smallest absolute Gasteiger partial charge is 0.00951 e. The first-order valence-corrected chi connectivity index (χ1v) is 11.0. The molecule has 1 heteroatoms. The summed E-state index contributed by atoms with van der Waals surface area (Å²) in [6.07, 6.45) is 9.46. The van der Waals surface area contributed by atoms with Gasteiger partial charge in [-0.15, -0.1) is 0 Å². The fourth-order valence-corrected chi connectivity index (χ4v) is 5.23. The van der Waals surface area contributed by atoms with Gasteiger partial charge in [-0.05, 0) is 36.6 Å². The zero-order chi connectivity index (χ0) is 15.8. The third kappa shape index (κ3) is 2.59. The molecular weight excluding hydrogens is 292 g/mol. The summed E-state index contributed by atoms with van der Waals surface area (Å²) in [7, 11) is -0.403. The second kappa shape index (κ2) is 5.90. The molecule has 0 radical (unpaired) electrons. The predicted molar refractivity (Wildman–Crippen MR) is 103 cm³/mol. The Kier molecular flexibility index (Phi) is 3.74. The van der Waals surface area contributed by atoms with E-state index in [9.17, 15) is 0 Å². The average Bonchev–Trinajstić information content (AvgIpc) is 3.17. The van der Waals surface area contributed by atoms with Gasteiger partial charge in [0.2, 0.25) is 0 Å². The summed E-state index contributed by atoms with van der Waals surface area (Å²) in [5, 5.41) is 0. The van der Waals surface area contributed by atoms with Crippen molar-refractivity contribution < 1.29 is 0 Å². The topological polar surface area (TPSA) is 0 Å². The van der Waals surface area contributed by atoms with Crippen LogP contribution in [0, 0.1) is 5.92 Å². The fraction of sp³-hybridized carbons (Fsp3) is 0.227. The van der Waals surface area contributed by atoms with Gasteiger partial charge >= 0.3 is 0 Å². The standard InChI is InChI=1S/C22H22Si/c1-23(2)15-22(20-13-11-16-7-3-5-9-18(16)20)21-14-12-17-8-4-6-10-19(17)21/h3-15,20-22H,1-2H3. The molecule has 0 heterocycles. The SMILES string of the molecule is C[Si](C)=CC(C1C=Cc2ccccc21)C1C=Cc2ccccc21. The lowest BCUT2D eigenvalue weighted by Gasteiger charge is -2.27. The first-order chi connectivity index (χ1) is 11.2. The van der Waals surface area contributed by atoms with Crippen molar-refractivity contribution >= 4 is 26.2 Å². The highest BCUT2D eigenvalue weighted by Gasteiger charge is 2.32. The summed E-state index contributed by atoms with van der Waals surface area (Å²) < 4.78 is 0. The molecule has 0 aromatic heterocycles. The van der Waals surface area contributed by atoms with E-state index in [1.807, 2.05) is 0 Å². The maximum atomic E-state index is 2.65. The van der Waals surface area contributed by atoms with Crippen molar-refractivity contribution in [1.29, 1.82) is 0 Å². The lowest BCUT2D eigenvalue weighted by molar-refractivity contribution is 0.585. The van der Waals surface area contributed by atoms with Crippen LogP contribution in [0.5, 0.6) is 0 Å². The summed E-state index contributed by atoms with van der Waals surface area (Å²) in [6.45, 7) is 4.79. The molecular formula is C22H22Si. The summed E-state index contributed by atoms with van der Waals surface area (Å²) in [6, 6.07) is 17.7. The van der Waals surface area contributed by atoms with Crippen LogP contribution in [0.25, 0.3) is 12.2 Å². The van der Waals surface area contributed by atoms with Gasteiger partial charge in [-0.25, -0.2) is 0 Å². The Morgan fingerprint density at radius 2 is 1.26 bits per heavy atom. The fourth-order valence-electron chi connectivity index (χ4n) is 4.04. The number of hydrogen-bond acceptors (Lipinski definition) is 0. The van der Waals surface area contributed by atoms with Crippen molar-refractivity contribution in [3.05, 3.63) is 82.9 Å². The van der Waals surface area contributed by atoms with Crippen molar-refractivity contribution in [3.63, 3.8) is 0 Å². The summed E-state index contributed by atoms with van der Waals surface area (Å²) in [5.41, 5.74) is 8.43. The van der Waals surface area contributed by atoms with Crippen LogP contribution >= 0.6 is 0 Å². The van der Waals surface area contributed by atoms with Crippen LogP contribution in [0.1, 0.15) is 34.1 Å². The molecule has 2 aliphatic carbocycles. The average molecular weight is 315 g/mol. The molecule has 0 bridgehead atoms. The van der Waals surface area contributed by atoms with Crippen LogP contribution in [0.3, 0.4) is 0 Å². The molecule has 0 fully saturated rings. The molecule has 2 atom stereocenters. The number of allylic oxidation sites excluding steroid dienone is 2. The normalized spacial score (nSPS) is 21.8. The van der Waals surface area contributed by atoms with E-state index in [0.717, 1.165) is 0 Å². The molecule has 4 rings (SSSR count). The Balaban J connectivity index is 1.78. The molecule has 0 aliphatic heterocycles. The molecule has 0 N–H and O–H groups in total.